The number of nitrogens with two attached hydrogens (primary N) is 1. The Hall–Kier alpha value is -2.01. The molecule has 1 unspecified atom stereocenters. The third-order valence-electron chi connectivity index (χ3n) is 5.28. The molecule has 2 aromatic heterocycles. The van der Waals surface area contributed by atoms with Crippen molar-refractivity contribution in [1.82, 2.24) is 9.97 Å². The smallest absolute Gasteiger partial charge is 0.384 e. The number of nitrogens with zero attached hydrogens (tertiary/aromatic N) is 2. The Morgan fingerprint density at radius 3 is 2.61 bits per heavy atom. The summed E-state index contributed by atoms with van der Waals surface area (Å²) in [7, 11) is 0. The number of carbonyl (C=O) groups is 1. The normalized spacial score (nSPS) is 13.9. The summed E-state index contributed by atoms with van der Waals surface area (Å²) in [6.07, 6.45) is -1.74. The summed E-state index contributed by atoms with van der Waals surface area (Å²) in [6.45, 7) is 4.03. The minimum absolute atomic E-state index is 0.00598. The molecule has 5 nitrogen and oxygen atoms in total. The standard InChI is InChI=1S/C23H26F3N3O2S2/c1-3-4-9-22(31,10-11-27)20-8-7-19(33-20)18(30)13-32-21-16-12-15(23(24,25)26)5-6-17(16)28-14(2)29-21/h5-8,12,31H,3-4,9-11,13,27H2,1-2H3. The molecule has 178 valence electrons. The Balaban J connectivity index is 1.81. The van der Waals surface area contributed by atoms with Crippen molar-refractivity contribution in [1.29, 1.82) is 0 Å². The van der Waals surface area contributed by atoms with Gasteiger partial charge in [0.15, 0.2) is 5.78 Å². The molecule has 0 aliphatic rings. The topological polar surface area (TPSA) is 89.1 Å². The molecule has 0 saturated carbocycles. The molecule has 0 bridgehead atoms. The summed E-state index contributed by atoms with van der Waals surface area (Å²) < 4.78 is 39.5. The number of carbonyl (C=O) groups excluding carboxylic acids is 1. The van der Waals surface area contributed by atoms with E-state index in [0.717, 1.165) is 36.7 Å². The number of fused-ring (bicyclic) bond motifs is 1. The number of thiophene rings is 1. The molecule has 3 N–H and O–H groups in total. The highest BCUT2D eigenvalue weighted by atomic mass is 32.2. The van der Waals surface area contributed by atoms with Crippen LogP contribution in [-0.4, -0.2) is 33.2 Å². The van der Waals surface area contributed by atoms with Crippen molar-refractivity contribution in [3.05, 3.63) is 51.5 Å². The second-order valence-corrected chi connectivity index (χ2v) is 9.90. The van der Waals surface area contributed by atoms with Crippen molar-refractivity contribution in [3.8, 4) is 0 Å². The minimum Gasteiger partial charge on any atom is -0.384 e. The SMILES string of the molecule is CCCCC(O)(CCN)c1ccc(C(=O)CSc2nc(C)nc3ccc(C(F)(F)F)cc23)s1. The Bertz CT molecular complexity index is 1130. The number of aryl methyl sites for hydroxylation is 1. The van der Waals surface area contributed by atoms with Crippen LogP contribution in [0.3, 0.4) is 0 Å². The molecular formula is C23H26F3N3O2S2. The largest absolute Gasteiger partial charge is 0.416 e. The summed E-state index contributed by atoms with van der Waals surface area (Å²) >= 11 is 2.32. The molecule has 0 saturated heterocycles. The van der Waals surface area contributed by atoms with E-state index in [2.05, 4.69) is 9.97 Å². The summed E-state index contributed by atoms with van der Waals surface area (Å²) in [5.74, 6) is 0.239. The number of unbranched alkanes of at least 4 members (excludes halogenated alkanes) is 1. The first-order chi connectivity index (χ1) is 15.6. The van der Waals surface area contributed by atoms with E-state index in [4.69, 9.17) is 5.73 Å². The van der Waals surface area contributed by atoms with Gasteiger partial charge in [-0.1, -0.05) is 31.5 Å². The second-order valence-electron chi connectivity index (χ2n) is 7.86. The third-order valence-corrected chi connectivity index (χ3v) is 7.59. The van der Waals surface area contributed by atoms with Crippen LogP contribution in [-0.2, 0) is 11.8 Å². The van der Waals surface area contributed by atoms with Gasteiger partial charge in [-0.2, -0.15) is 13.2 Å². The molecular weight excluding hydrogens is 471 g/mol. The van der Waals surface area contributed by atoms with Crippen molar-refractivity contribution in [3.63, 3.8) is 0 Å². The fraction of sp³-hybridized carbons (Fsp3) is 0.435. The van der Waals surface area contributed by atoms with Crippen molar-refractivity contribution in [2.45, 2.75) is 56.3 Å². The van der Waals surface area contributed by atoms with Gasteiger partial charge in [0.25, 0.3) is 0 Å². The summed E-state index contributed by atoms with van der Waals surface area (Å²) in [6, 6.07) is 6.77. The van der Waals surface area contributed by atoms with Crippen LogP contribution in [0.1, 0.15) is 58.5 Å². The number of benzene rings is 1. The van der Waals surface area contributed by atoms with Crippen LogP contribution in [0.15, 0.2) is 35.4 Å². The Morgan fingerprint density at radius 2 is 1.94 bits per heavy atom. The van der Waals surface area contributed by atoms with Gasteiger partial charge in [0.2, 0.25) is 0 Å². The van der Waals surface area contributed by atoms with Crippen molar-refractivity contribution >= 4 is 39.8 Å². The van der Waals surface area contributed by atoms with E-state index in [0.29, 0.717) is 45.5 Å². The number of ketones is 1. The highest BCUT2D eigenvalue weighted by Gasteiger charge is 2.32. The van der Waals surface area contributed by atoms with E-state index in [9.17, 15) is 23.1 Å². The lowest BCUT2D eigenvalue weighted by molar-refractivity contribution is -0.137. The molecule has 3 aromatic rings. The highest BCUT2D eigenvalue weighted by molar-refractivity contribution is 8.00. The maximum absolute atomic E-state index is 13.2. The molecule has 1 atom stereocenters. The number of aliphatic hydroxyl groups is 1. The lowest BCUT2D eigenvalue weighted by Gasteiger charge is -2.26. The summed E-state index contributed by atoms with van der Waals surface area (Å²) in [5, 5.41) is 11.7. The van der Waals surface area contributed by atoms with Crippen LogP contribution >= 0.6 is 23.1 Å². The zero-order chi connectivity index (χ0) is 24.2. The Morgan fingerprint density at radius 1 is 1.18 bits per heavy atom. The van der Waals surface area contributed by atoms with Gasteiger partial charge in [-0.15, -0.1) is 11.3 Å². The monoisotopic (exact) mass is 497 g/mol. The van der Waals surface area contributed by atoms with Crippen LogP contribution in [0.25, 0.3) is 10.9 Å². The van der Waals surface area contributed by atoms with Gasteiger partial charge in [0, 0.05) is 10.3 Å². The lowest BCUT2D eigenvalue weighted by atomic mass is 9.91. The van der Waals surface area contributed by atoms with Gasteiger partial charge in [0.1, 0.15) is 10.9 Å². The maximum atomic E-state index is 13.2. The molecule has 3 rings (SSSR count). The zero-order valence-corrected chi connectivity index (χ0v) is 20.0. The molecule has 33 heavy (non-hydrogen) atoms. The minimum atomic E-state index is -4.48. The van der Waals surface area contributed by atoms with Crippen molar-refractivity contribution in [2.75, 3.05) is 12.3 Å². The highest BCUT2D eigenvalue weighted by Crippen LogP contribution is 2.37. The average molecular weight is 498 g/mol. The maximum Gasteiger partial charge on any atom is 0.416 e. The van der Waals surface area contributed by atoms with E-state index in [-0.39, 0.29) is 16.9 Å². The van der Waals surface area contributed by atoms with E-state index in [1.54, 1.807) is 19.1 Å². The number of rotatable bonds is 10. The van der Waals surface area contributed by atoms with E-state index in [1.165, 1.54) is 17.4 Å². The van der Waals surface area contributed by atoms with Crippen LogP contribution in [0, 0.1) is 6.92 Å². The third kappa shape index (κ3) is 6.11. The molecule has 0 amide bonds. The van der Waals surface area contributed by atoms with Gasteiger partial charge in [0.05, 0.1) is 27.3 Å². The Kier molecular flexibility index (Phi) is 8.15. The average Bonchev–Trinajstić information content (AvgIpc) is 3.26. The van der Waals surface area contributed by atoms with Gasteiger partial charge in [-0.3, -0.25) is 4.79 Å². The van der Waals surface area contributed by atoms with Gasteiger partial charge < -0.3 is 10.8 Å². The fourth-order valence-corrected chi connectivity index (χ4v) is 5.64. The molecule has 2 heterocycles. The first kappa shape index (κ1) is 25.6. The van der Waals surface area contributed by atoms with Crippen molar-refractivity contribution < 1.29 is 23.1 Å². The Labute approximate surface area is 198 Å². The van der Waals surface area contributed by atoms with Crippen LogP contribution in [0.2, 0.25) is 0 Å². The predicted octanol–water partition coefficient (Wildman–Crippen LogP) is 5.72. The molecule has 0 aliphatic heterocycles. The lowest BCUT2D eigenvalue weighted by Crippen LogP contribution is -2.27. The number of Topliss-reactive ketones (excluding diaryl/α,β-unsaturated/α-hetero) is 1. The number of hydrogen-bond donors (Lipinski definition) is 2. The summed E-state index contributed by atoms with van der Waals surface area (Å²) in [5.41, 5.74) is 4.24. The quantitative estimate of drug-likeness (QED) is 0.212. The predicted molar refractivity (Wildman–Crippen MR) is 126 cm³/mol. The molecule has 0 spiro atoms. The van der Waals surface area contributed by atoms with Crippen molar-refractivity contribution in [2.24, 2.45) is 5.73 Å². The first-order valence-corrected chi connectivity index (χ1v) is 12.4. The van der Waals surface area contributed by atoms with Crippen LogP contribution < -0.4 is 5.73 Å². The van der Waals surface area contributed by atoms with Gasteiger partial charge in [-0.25, -0.2) is 9.97 Å². The van der Waals surface area contributed by atoms with Crippen LogP contribution in [0.4, 0.5) is 13.2 Å². The van der Waals surface area contributed by atoms with Gasteiger partial charge >= 0.3 is 6.18 Å². The zero-order valence-electron chi connectivity index (χ0n) is 18.4. The number of hydrogen-bond acceptors (Lipinski definition) is 7. The molecule has 0 fully saturated rings. The molecule has 0 aliphatic carbocycles. The van der Waals surface area contributed by atoms with E-state index >= 15 is 0 Å². The van der Waals surface area contributed by atoms with Gasteiger partial charge in [-0.05, 0) is 56.6 Å². The fourth-order valence-electron chi connectivity index (χ4n) is 3.52. The number of alkyl halides is 3. The number of thioether (sulfide) groups is 1. The number of aromatic nitrogens is 2. The molecule has 10 heteroatoms. The molecule has 0 radical (unpaired) electrons. The first-order valence-electron chi connectivity index (χ1n) is 10.6. The summed E-state index contributed by atoms with van der Waals surface area (Å²) in [4.78, 5) is 22.5. The van der Waals surface area contributed by atoms with E-state index < -0.39 is 17.3 Å². The van der Waals surface area contributed by atoms with E-state index in [1.807, 2.05) is 6.92 Å². The van der Waals surface area contributed by atoms with Crippen LogP contribution in [0.5, 0.6) is 0 Å². The number of halogens is 3. The molecule has 1 aromatic carbocycles. The second kappa shape index (κ2) is 10.5.